The van der Waals surface area contributed by atoms with Crippen LogP contribution in [-0.2, 0) is 13.6 Å². The summed E-state index contributed by atoms with van der Waals surface area (Å²) >= 11 is 0. The van der Waals surface area contributed by atoms with Crippen LogP contribution in [0.4, 0.5) is 0 Å². The second kappa shape index (κ2) is 5.34. The molecule has 0 aromatic carbocycles. The first-order chi connectivity index (χ1) is 7.85. The maximum absolute atomic E-state index is 12.2. The van der Waals surface area contributed by atoms with Gasteiger partial charge in [0.15, 0.2) is 0 Å². The number of hydrogen-bond donors (Lipinski definition) is 1. The van der Waals surface area contributed by atoms with Crippen LogP contribution in [0.2, 0.25) is 0 Å². The highest BCUT2D eigenvalue weighted by Gasteiger charge is 2.26. The molecule has 96 valence electrons. The van der Waals surface area contributed by atoms with Crippen molar-refractivity contribution in [2.75, 3.05) is 0 Å². The number of unbranched alkanes of at least 4 members (excludes halogenated alkanes) is 1. The van der Waals surface area contributed by atoms with Crippen molar-refractivity contribution in [3.63, 3.8) is 0 Å². The zero-order valence-electron chi connectivity index (χ0n) is 11.6. The summed E-state index contributed by atoms with van der Waals surface area (Å²) in [4.78, 5) is 12.2. The van der Waals surface area contributed by atoms with Gasteiger partial charge in [0.25, 0.3) is 0 Å². The minimum Gasteiger partial charge on any atom is -0.341 e. The molecule has 0 atom stereocenters. The average molecular weight is 238 g/mol. The van der Waals surface area contributed by atoms with E-state index in [2.05, 4.69) is 12.2 Å². The standard InChI is InChI=1S/C13H23N3O/c1-6-7-8-16-10-9-15(5)12(16)11(17)14-13(2,3)4/h9-10H,6-8H2,1-5H3/p+1. The molecule has 17 heavy (non-hydrogen) atoms. The molecule has 1 heterocycles. The molecule has 1 N–H and O–H groups in total. The van der Waals surface area contributed by atoms with Crippen LogP contribution in [-0.4, -0.2) is 16.0 Å². The predicted molar refractivity (Wildman–Crippen MR) is 67.7 cm³/mol. The first-order valence-corrected chi connectivity index (χ1v) is 6.22. The highest BCUT2D eigenvalue weighted by molar-refractivity contribution is 5.89. The SMILES string of the molecule is CCCCn1cc[n+](C)c1C(=O)NC(C)(C)C. The Labute approximate surface area is 104 Å². The van der Waals surface area contributed by atoms with Crippen molar-refractivity contribution >= 4 is 5.91 Å². The van der Waals surface area contributed by atoms with Crippen LogP contribution in [0.25, 0.3) is 0 Å². The summed E-state index contributed by atoms with van der Waals surface area (Å²) in [5.74, 6) is 0.703. The highest BCUT2D eigenvalue weighted by Crippen LogP contribution is 2.04. The lowest BCUT2D eigenvalue weighted by molar-refractivity contribution is -0.673. The molecular weight excluding hydrogens is 214 g/mol. The van der Waals surface area contributed by atoms with Gasteiger partial charge < -0.3 is 5.32 Å². The van der Waals surface area contributed by atoms with E-state index in [9.17, 15) is 4.79 Å². The highest BCUT2D eigenvalue weighted by atomic mass is 16.2. The second-order valence-electron chi connectivity index (χ2n) is 5.48. The first kappa shape index (κ1) is 13.7. The topological polar surface area (TPSA) is 37.9 Å². The average Bonchev–Trinajstić information content (AvgIpc) is 2.54. The summed E-state index contributed by atoms with van der Waals surface area (Å²) in [7, 11) is 1.90. The van der Waals surface area contributed by atoms with Crippen LogP contribution in [0.5, 0.6) is 0 Å². The normalized spacial score (nSPS) is 11.6. The summed E-state index contributed by atoms with van der Waals surface area (Å²) in [5, 5.41) is 3.00. The summed E-state index contributed by atoms with van der Waals surface area (Å²) in [6, 6.07) is 0. The quantitative estimate of drug-likeness (QED) is 0.796. The third-order valence-corrected chi connectivity index (χ3v) is 2.52. The fourth-order valence-electron chi connectivity index (χ4n) is 1.72. The van der Waals surface area contributed by atoms with Gasteiger partial charge >= 0.3 is 11.7 Å². The number of hydrogen-bond acceptors (Lipinski definition) is 1. The Morgan fingerprint density at radius 3 is 2.65 bits per heavy atom. The Kier molecular flexibility index (Phi) is 4.32. The number of imidazole rings is 1. The molecule has 0 aliphatic rings. The van der Waals surface area contributed by atoms with Crippen molar-refractivity contribution in [2.45, 2.75) is 52.6 Å². The zero-order chi connectivity index (χ0) is 13.1. The van der Waals surface area contributed by atoms with Gasteiger partial charge in [-0.25, -0.2) is 9.13 Å². The van der Waals surface area contributed by atoms with E-state index in [1.165, 1.54) is 0 Å². The maximum atomic E-state index is 12.2. The van der Waals surface area contributed by atoms with Crippen LogP contribution in [0, 0.1) is 0 Å². The van der Waals surface area contributed by atoms with Gasteiger partial charge in [-0.2, -0.15) is 0 Å². The number of nitrogens with zero attached hydrogens (tertiary/aromatic N) is 2. The van der Waals surface area contributed by atoms with Crippen LogP contribution >= 0.6 is 0 Å². The third-order valence-electron chi connectivity index (χ3n) is 2.52. The molecule has 0 unspecified atom stereocenters. The van der Waals surface area contributed by atoms with Gasteiger partial charge in [-0.15, -0.1) is 0 Å². The zero-order valence-corrected chi connectivity index (χ0v) is 11.6. The van der Waals surface area contributed by atoms with E-state index in [0.717, 1.165) is 19.4 Å². The van der Waals surface area contributed by atoms with Gasteiger partial charge in [0.2, 0.25) is 0 Å². The van der Waals surface area contributed by atoms with Gasteiger partial charge in [-0.3, -0.25) is 4.79 Å². The molecule has 0 saturated carbocycles. The maximum Gasteiger partial charge on any atom is 0.347 e. The smallest absolute Gasteiger partial charge is 0.341 e. The van der Waals surface area contributed by atoms with E-state index in [1.807, 2.05) is 49.3 Å². The number of nitrogens with one attached hydrogen (secondary N) is 1. The van der Waals surface area contributed by atoms with Crippen LogP contribution < -0.4 is 9.88 Å². The van der Waals surface area contributed by atoms with Gasteiger partial charge in [0, 0.05) is 5.54 Å². The van der Waals surface area contributed by atoms with E-state index in [-0.39, 0.29) is 11.4 Å². The number of aromatic nitrogens is 2. The van der Waals surface area contributed by atoms with Crippen LogP contribution in [0.1, 0.15) is 51.2 Å². The number of aryl methyl sites for hydroxylation is 2. The van der Waals surface area contributed by atoms with Gasteiger partial charge in [-0.05, 0) is 27.2 Å². The molecule has 0 spiro atoms. The molecule has 1 amide bonds. The molecule has 1 rings (SSSR count). The number of rotatable bonds is 4. The van der Waals surface area contributed by atoms with Crippen LogP contribution in [0.15, 0.2) is 12.4 Å². The number of carbonyl (C=O) groups is 1. The Morgan fingerprint density at radius 1 is 1.47 bits per heavy atom. The molecule has 4 heteroatoms. The molecule has 1 aromatic heterocycles. The summed E-state index contributed by atoms with van der Waals surface area (Å²) in [6.45, 7) is 9.02. The fraction of sp³-hybridized carbons (Fsp3) is 0.692. The number of carbonyl (C=O) groups excluding carboxylic acids is 1. The lowest BCUT2D eigenvalue weighted by Gasteiger charge is -2.19. The van der Waals surface area contributed by atoms with Crippen molar-refractivity contribution in [2.24, 2.45) is 7.05 Å². The van der Waals surface area contributed by atoms with Gasteiger partial charge in [-0.1, -0.05) is 13.3 Å². The minimum absolute atomic E-state index is 0.0129. The largest absolute Gasteiger partial charge is 0.347 e. The Bertz CT molecular complexity index is 388. The Hall–Kier alpha value is -1.32. The molecule has 0 aliphatic heterocycles. The Morgan fingerprint density at radius 2 is 2.12 bits per heavy atom. The monoisotopic (exact) mass is 238 g/mol. The van der Waals surface area contributed by atoms with E-state index < -0.39 is 0 Å². The second-order valence-corrected chi connectivity index (χ2v) is 5.48. The van der Waals surface area contributed by atoms with E-state index >= 15 is 0 Å². The summed E-state index contributed by atoms with van der Waals surface area (Å²) < 4.78 is 3.89. The number of amides is 1. The fourth-order valence-corrected chi connectivity index (χ4v) is 1.72. The third kappa shape index (κ3) is 3.88. The van der Waals surface area contributed by atoms with Crippen molar-refractivity contribution in [1.82, 2.24) is 9.88 Å². The van der Waals surface area contributed by atoms with E-state index in [4.69, 9.17) is 0 Å². The molecular formula is C13H24N3O+. The van der Waals surface area contributed by atoms with Gasteiger partial charge in [0.1, 0.15) is 12.4 Å². The lowest BCUT2D eigenvalue weighted by Crippen LogP contribution is -2.47. The van der Waals surface area contributed by atoms with Gasteiger partial charge in [0.05, 0.1) is 13.6 Å². The molecule has 0 fully saturated rings. The first-order valence-electron chi connectivity index (χ1n) is 6.22. The molecule has 1 aromatic rings. The van der Waals surface area contributed by atoms with Crippen molar-refractivity contribution < 1.29 is 9.36 Å². The van der Waals surface area contributed by atoms with E-state index in [0.29, 0.717) is 5.82 Å². The molecule has 0 aliphatic carbocycles. The molecule has 4 nitrogen and oxygen atoms in total. The van der Waals surface area contributed by atoms with E-state index in [1.54, 1.807) is 0 Å². The van der Waals surface area contributed by atoms with Crippen molar-refractivity contribution in [3.8, 4) is 0 Å². The molecule has 0 bridgehead atoms. The summed E-state index contributed by atoms with van der Waals surface area (Å²) in [5.41, 5.74) is -0.204. The molecule has 0 radical (unpaired) electrons. The van der Waals surface area contributed by atoms with Crippen molar-refractivity contribution in [1.29, 1.82) is 0 Å². The van der Waals surface area contributed by atoms with Crippen LogP contribution in [0.3, 0.4) is 0 Å². The molecule has 0 saturated heterocycles. The Balaban J connectivity index is 2.88. The van der Waals surface area contributed by atoms with Crippen molar-refractivity contribution in [3.05, 3.63) is 18.2 Å². The minimum atomic E-state index is -0.204. The lowest BCUT2D eigenvalue weighted by atomic mass is 10.1. The summed E-state index contributed by atoms with van der Waals surface area (Å²) in [6.07, 6.45) is 6.10. The predicted octanol–water partition coefficient (Wildman–Crippen LogP) is 1.64.